The standard InChI is InChI=1S/C21H26F3N3O/c1-16-3-2-4-17(11-16)15-27-7-5-26(6-8-27)9-10-28-20-13-18(21(22,23)24)12-19(25)14-20/h2-4,11-14H,5-10,15,25H2,1H3. The topological polar surface area (TPSA) is 41.7 Å². The van der Waals surface area contributed by atoms with Crippen LogP contribution in [0.3, 0.4) is 0 Å². The summed E-state index contributed by atoms with van der Waals surface area (Å²) in [4.78, 5) is 4.68. The Morgan fingerprint density at radius 2 is 1.71 bits per heavy atom. The molecule has 0 unspecified atom stereocenters. The number of nitrogens with two attached hydrogens (primary N) is 1. The fourth-order valence-corrected chi connectivity index (χ4v) is 3.40. The van der Waals surface area contributed by atoms with E-state index in [-0.39, 0.29) is 11.4 Å². The van der Waals surface area contributed by atoms with E-state index >= 15 is 0 Å². The molecule has 7 heteroatoms. The van der Waals surface area contributed by atoms with E-state index < -0.39 is 11.7 Å². The molecule has 1 heterocycles. The molecule has 152 valence electrons. The molecule has 0 saturated carbocycles. The number of rotatable bonds is 6. The third-order valence-electron chi connectivity index (χ3n) is 4.89. The fraction of sp³-hybridized carbons (Fsp3) is 0.429. The van der Waals surface area contributed by atoms with Gasteiger partial charge in [-0.2, -0.15) is 13.2 Å². The number of nitrogen functional groups attached to an aromatic ring is 1. The van der Waals surface area contributed by atoms with Crippen LogP contribution in [0.5, 0.6) is 5.75 Å². The lowest BCUT2D eigenvalue weighted by atomic mass is 10.1. The zero-order valence-electron chi connectivity index (χ0n) is 16.0. The van der Waals surface area contributed by atoms with Crippen molar-refractivity contribution in [2.45, 2.75) is 19.6 Å². The minimum Gasteiger partial charge on any atom is -0.492 e. The van der Waals surface area contributed by atoms with Crippen LogP contribution >= 0.6 is 0 Å². The number of aryl methyl sites for hydroxylation is 1. The summed E-state index contributed by atoms with van der Waals surface area (Å²) in [6.07, 6.45) is -4.43. The normalized spacial score (nSPS) is 16.3. The highest BCUT2D eigenvalue weighted by Crippen LogP contribution is 2.33. The second kappa shape index (κ2) is 8.84. The Morgan fingerprint density at radius 3 is 2.39 bits per heavy atom. The molecule has 0 atom stereocenters. The Bertz CT molecular complexity index is 787. The van der Waals surface area contributed by atoms with Crippen LogP contribution < -0.4 is 10.5 Å². The molecule has 3 rings (SSSR count). The first-order valence-electron chi connectivity index (χ1n) is 9.40. The molecule has 0 bridgehead atoms. The molecule has 0 aliphatic carbocycles. The Kier molecular flexibility index (Phi) is 6.46. The molecule has 0 radical (unpaired) electrons. The van der Waals surface area contributed by atoms with Crippen LogP contribution in [-0.2, 0) is 12.7 Å². The van der Waals surface area contributed by atoms with Gasteiger partial charge in [-0.25, -0.2) is 0 Å². The van der Waals surface area contributed by atoms with E-state index in [1.807, 2.05) is 0 Å². The molecular formula is C21H26F3N3O. The predicted molar refractivity (Wildman–Crippen MR) is 104 cm³/mol. The monoisotopic (exact) mass is 393 g/mol. The lowest BCUT2D eigenvalue weighted by molar-refractivity contribution is -0.137. The van der Waals surface area contributed by atoms with Crippen LogP contribution in [0.25, 0.3) is 0 Å². The predicted octanol–water partition coefficient (Wildman–Crippen LogP) is 3.79. The molecule has 0 spiro atoms. The van der Waals surface area contributed by atoms with E-state index in [1.54, 1.807) is 0 Å². The van der Waals surface area contributed by atoms with Crippen molar-refractivity contribution in [1.82, 2.24) is 9.80 Å². The number of alkyl halides is 3. The van der Waals surface area contributed by atoms with Crippen molar-refractivity contribution >= 4 is 5.69 Å². The maximum Gasteiger partial charge on any atom is 0.416 e. The van der Waals surface area contributed by atoms with Crippen molar-refractivity contribution in [3.63, 3.8) is 0 Å². The van der Waals surface area contributed by atoms with Gasteiger partial charge in [-0.05, 0) is 24.6 Å². The summed E-state index contributed by atoms with van der Waals surface area (Å²) in [5.74, 6) is 0.158. The number of benzene rings is 2. The number of nitrogens with zero attached hydrogens (tertiary/aromatic N) is 2. The third kappa shape index (κ3) is 5.87. The van der Waals surface area contributed by atoms with Gasteiger partial charge < -0.3 is 10.5 Å². The SMILES string of the molecule is Cc1cccc(CN2CCN(CCOc3cc(N)cc(C(F)(F)F)c3)CC2)c1. The molecule has 2 N–H and O–H groups in total. The number of hydrogen-bond acceptors (Lipinski definition) is 4. The van der Waals surface area contributed by atoms with E-state index in [0.717, 1.165) is 44.9 Å². The Hall–Kier alpha value is -2.25. The second-order valence-electron chi connectivity index (χ2n) is 7.24. The van der Waals surface area contributed by atoms with Crippen LogP contribution in [0.2, 0.25) is 0 Å². The zero-order chi connectivity index (χ0) is 20.1. The fourth-order valence-electron chi connectivity index (χ4n) is 3.40. The van der Waals surface area contributed by atoms with E-state index in [2.05, 4.69) is 41.0 Å². The Labute approximate surface area is 163 Å². The lowest BCUT2D eigenvalue weighted by Gasteiger charge is -2.34. The average Bonchev–Trinajstić information content (AvgIpc) is 2.62. The Balaban J connectivity index is 1.43. The molecule has 1 fully saturated rings. The molecule has 1 saturated heterocycles. The summed E-state index contributed by atoms with van der Waals surface area (Å²) in [6, 6.07) is 11.9. The first-order valence-corrected chi connectivity index (χ1v) is 9.40. The number of hydrogen-bond donors (Lipinski definition) is 1. The smallest absolute Gasteiger partial charge is 0.416 e. The maximum absolute atomic E-state index is 12.9. The maximum atomic E-state index is 12.9. The highest BCUT2D eigenvalue weighted by atomic mass is 19.4. The first-order chi connectivity index (χ1) is 13.3. The van der Waals surface area contributed by atoms with Gasteiger partial charge in [0.1, 0.15) is 12.4 Å². The average molecular weight is 393 g/mol. The number of piperazine rings is 1. The van der Waals surface area contributed by atoms with Crippen molar-refractivity contribution in [1.29, 1.82) is 0 Å². The molecular weight excluding hydrogens is 367 g/mol. The summed E-state index contributed by atoms with van der Waals surface area (Å²) in [6.45, 7) is 7.80. The third-order valence-corrected chi connectivity index (χ3v) is 4.89. The zero-order valence-corrected chi connectivity index (χ0v) is 16.0. The van der Waals surface area contributed by atoms with Gasteiger partial charge in [0.15, 0.2) is 0 Å². The van der Waals surface area contributed by atoms with Crippen molar-refractivity contribution in [2.24, 2.45) is 0 Å². The van der Waals surface area contributed by atoms with Crippen molar-refractivity contribution in [3.8, 4) is 5.75 Å². The molecule has 4 nitrogen and oxygen atoms in total. The largest absolute Gasteiger partial charge is 0.492 e. The van der Waals surface area contributed by atoms with Crippen LogP contribution in [-0.4, -0.2) is 49.1 Å². The summed E-state index contributed by atoms with van der Waals surface area (Å²) in [7, 11) is 0. The van der Waals surface area contributed by atoms with E-state index in [1.165, 1.54) is 17.2 Å². The van der Waals surface area contributed by atoms with Gasteiger partial charge in [-0.3, -0.25) is 9.80 Å². The molecule has 0 aromatic heterocycles. The van der Waals surface area contributed by atoms with Crippen molar-refractivity contribution < 1.29 is 17.9 Å². The van der Waals surface area contributed by atoms with Crippen molar-refractivity contribution in [2.75, 3.05) is 45.1 Å². The van der Waals surface area contributed by atoms with Gasteiger partial charge in [0.2, 0.25) is 0 Å². The summed E-state index contributed by atoms with van der Waals surface area (Å²) in [5.41, 5.74) is 7.41. The van der Waals surface area contributed by atoms with Crippen LogP contribution in [0, 0.1) is 6.92 Å². The van der Waals surface area contributed by atoms with Gasteiger partial charge in [-0.1, -0.05) is 29.8 Å². The van der Waals surface area contributed by atoms with E-state index in [4.69, 9.17) is 10.5 Å². The quantitative estimate of drug-likeness (QED) is 0.759. The van der Waals surface area contributed by atoms with Gasteiger partial charge in [0.25, 0.3) is 0 Å². The molecule has 28 heavy (non-hydrogen) atoms. The minimum atomic E-state index is -4.43. The van der Waals surface area contributed by atoms with Crippen LogP contribution in [0.1, 0.15) is 16.7 Å². The van der Waals surface area contributed by atoms with Crippen LogP contribution in [0.15, 0.2) is 42.5 Å². The highest BCUT2D eigenvalue weighted by Gasteiger charge is 2.31. The second-order valence-corrected chi connectivity index (χ2v) is 7.24. The van der Waals surface area contributed by atoms with E-state index in [0.29, 0.717) is 13.2 Å². The van der Waals surface area contributed by atoms with Gasteiger partial charge in [-0.15, -0.1) is 0 Å². The summed E-state index contributed by atoms with van der Waals surface area (Å²) < 4.78 is 44.1. The van der Waals surface area contributed by atoms with Gasteiger partial charge >= 0.3 is 6.18 Å². The van der Waals surface area contributed by atoms with E-state index in [9.17, 15) is 13.2 Å². The van der Waals surface area contributed by atoms with Crippen molar-refractivity contribution in [3.05, 3.63) is 59.2 Å². The molecule has 2 aromatic carbocycles. The van der Waals surface area contributed by atoms with Gasteiger partial charge in [0, 0.05) is 51.0 Å². The van der Waals surface area contributed by atoms with Crippen LogP contribution in [0.4, 0.5) is 18.9 Å². The molecule has 2 aromatic rings. The molecule has 0 amide bonds. The minimum absolute atomic E-state index is 0.0505. The number of halogens is 3. The summed E-state index contributed by atoms with van der Waals surface area (Å²) in [5, 5.41) is 0. The van der Waals surface area contributed by atoms with Gasteiger partial charge in [0.05, 0.1) is 5.56 Å². The molecule has 1 aliphatic rings. The number of ether oxygens (including phenoxy) is 1. The first kappa shape index (κ1) is 20.5. The highest BCUT2D eigenvalue weighted by molar-refractivity contribution is 5.48. The summed E-state index contributed by atoms with van der Waals surface area (Å²) >= 11 is 0. The molecule has 1 aliphatic heterocycles. The number of anilines is 1. The lowest BCUT2D eigenvalue weighted by Crippen LogP contribution is -2.47. The Morgan fingerprint density at radius 1 is 1.00 bits per heavy atom.